The number of piperidine rings is 1. The van der Waals surface area contributed by atoms with Gasteiger partial charge < -0.3 is 10.2 Å². The fourth-order valence-electron chi connectivity index (χ4n) is 2.33. The first-order valence-corrected chi connectivity index (χ1v) is 7.83. The Morgan fingerprint density at radius 2 is 2.25 bits per heavy atom. The van der Waals surface area contributed by atoms with Crippen molar-refractivity contribution in [3.63, 3.8) is 0 Å². The molecule has 3 heteroatoms. The Labute approximate surface area is 106 Å². The molecule has 0 amide bonds. The van der Waals surface area contributed by atoms with Crippen LogP contribution in [-0.2, 0) is 0 Å². The van der Waals surface area contributed by atoms with Gasteiger partial charge in [0.2, 0.25) is 0 Å². The van der Waals surface area contributed by atoms with Crippen molar-refractivity contribution < 1.29 is 0 Å². The van der Waals surface area contributed by atoms with Gasteiger partial charge in [0.1, 0.15) is 0 Å². The number of hydrogen-bond acceptors (Lipinski definition) is 3. The molecule has 0 aromatic heterocycles. The quantitative estimate of drug-likeness (QED) is 0.723. The SMILES string of the molecule is CCSCCC(C)NC1CCN(C)C(C)C1. The van der Waals surface area contributed by atoms with Gasteiger partial charge in [-0.05, 0) is 58.2 Å². The maximum Gasteiger partial charge on any atom is 0.00964 e. The summed E-state index contributed by atoms with van der Waals surface area (Å²) in [6, 6.07) is 2.16. The smallest absolute Gasteiger partial charge is 0.00964 e. The fraction of sp³-hybridized carbons (Fsp3) is 1.00. The number of nitrogens with one attached hydrogen (secondary N) is 1. The second kappa shape index (κ2) is 7.57. The summed E-state index contributed by atoms with van der Waals surface area (Å²) in [5.74, 6) is 2.55. The van der Waals surface area contributed by atoms with Crippen LogP contribution in [0.2, 0.25) is 0 Å². The minimum absolute atomic E-state index is 0.680. The second-order valence-electron chi connectivity index (χ2n) is 5.10. The first-order chi connectivity index (χ1) is 7.63. The van der Waals surface area contributed by atoms with Gasteiger partial charge in [-0.2, -0.15) is 11.8 Å². The number of thioether (sulfide) groups is 1. The molecule has 3 unspecified atom stereocenters. The van der Waals surface area contributed by atoms with E-state index in [9.17, 15) is 0 Å². The van der Waals surface area contributed by atoms with E-state index in [0.717, 1.165) is 12.1 Å². The van der Waals surface area contributed by atoms with Gasteiger partial charge in [-0.25, -0.2) is 0 Å². The first kappa shape index (κ1) is 14.3. The highest BCUT2D eigenvalue weighted by atomic mass is 32.2. The third kappa shape index (κ3) is 5.07. The Morgan fingerprint density at radius 3 is 2.88 bits per heavy atom. The summed E-state index contributed by atoms with van der Waals surface area (Å²) < 4.78 is 0. The topological polar surface area (TPSA) is 15.3 Å². The van der Waals surface area contributed by atoms with Gasteiger partial charge in [-0.1, -0.05) is 6.92 Å². The van der Waals surface area contributed by atoms with E-state index >= 15 is 0 Å². The zero-order chi connectivity index (χ0) is 12.0. The van der Waals surface area contributed by atoms with E-state index in [1.54, 1.807) is 0 Å². The molecule has 0 aromatic rings. The average Bonchev–Trinajstić information content (AvgIpc) is 2.24. The van der Waals surface area contributed by atoms with Crippen molar-refractivity contribution in [2.45, 2.75) is 58.2 Å². The van der Waals surface area contributed by atoms with E-state index in [1.165, 1.54) is 37.3 Å². The van der Waals surface area contributed by atoms with E-state index in [-0.39, 0.29) is 0 Å². The zero-order valence-electron chi connectivity index (χ0n) is 11.3. The van der Waals surface area contributed by atoms with E-state index in [2.05, 4.69) is 49.8 Å². The van der Waals surface area contributed by atoms with Crippen molar-refractivity contribution in [1.29, 1.82) is 0 Å². The molecule has 1 heterocycles. The molecule has 16 heavy (non-hydrogen) atoms. The van der Waals surface area contributed by atoms with Crippen molar-refractivity contribution in [2.75, 3.05) is 25.1 Å². The van der Waals surface area contributed by atoms with Crippen LogP contribution in [0.5, 0.6) is 0 Å². The lowest BCUT2D eigenvalue weighted by molar-refractivity contribution is 0.163. The summed E-state index contributed by atoms with van der Waals surface area (Å²) in [4.78, 5) is 2.47. The monoisotopic (exact) mass is 244 g/mol. The van der Waals surface area contributed by atoms with Gasteiger partial charge in [-0.3, -0.25) is 0 Å². The van der Waals surface area contributed by atoms with E-state index in [0.29, 0.717) is 6.04 Å². The summed E-state index contributed by atoms with van der Waals surface area (Å²) in [7, 11) is 2.24. The van der Waals surface area contributed by atoms with E-state index in [1.807, 2.05) is 0 Å². The molecule has 0 saturated carbocycles. The van der Waals surface area contributed by atoms with Crippen molar-refractivity contribution in [1.82, 2.24) is 10.2 Å². The molecule has 1 rings (SSSR count). The molecule has 0 bridgehead atoms. The molecule has 0 aromatic carbocycles. The van der Waals surface area contributed by atoms with Gasteiger partial charge in [0.25, 0.3) is 0 Å². The van der Waals surface area contributed by atoms with Crippen LogP contribution in [0, 0.1) is 0 Å². The highest BCUT2D eigenvalue weighted by molar-refractivity contribution is 7.99. The van der Waals surface area contributed by atoms with E-state index in [4.69, 9.17) is 0 Å². The molecule has 96 valence electrons. The van der Waals surface area contributed by atoms with Gasteiger partial charge in [0.15, 0.2) is 0 Å². The van der Waals surface area contributed by atoms with Crippen molar-refractivity contribution in [3.05, 3.63) is 0 Å². The predicted molar refractivity (Wildman–Crippen MR) is 75.3 cm³/mol. The average molecular weight is 244 g/mol. The molecule has 0 radical (unpaired) electrons. The standard InChI is InChI=1S/C13H28N2S/c1-5-16-9-7-11(2)14-13-6-8-15(4)12(3)10-13/h11-14H,5-10H2,1-4H3. The summed E-state index contributed by atoms with van der Waals surface area (Å²) in [5.41, 5.74) is 0. The lowest BCUT2D eigenvalue weighted by Gasteiger charge is -2.36. The lowest BCUT2D eigenvalue weighted by Crippen LogP contribution is -2.48. The zero-order valence-corrected chi connectivity index (χ0v) is 12.1. The minimum Gasteiger partial charge on any atom is -0.311 e. The van der Waals surface area contributed by atoms with Crippen molar-refractivity contribution >= 4 is 11.8 Å². The molecule has 0 spiro atoms. The third-order valence-electron chi connectivity index (χ3n) is 3.63. The number of hydrogen-bond donors (Lipinski definition) is 1. The van der Waals surface area contributed by atoms with Crippen molar-refractivity contribution in [2.24, 2.45) is 0 Å². The molecule has 1 N–H and O–H groups in total. The summed E-state index contributed by atoms with van der Waals surface area (Å²) >= 11 is 2.05. The second-order valence-corrected chi connectivity index (χ2v) is 6.50. The maximum atomic E-state index is 3.79. The molecule has 0 aliphatic carbocycles. The Bertz CT molecular complexity index is 187. The fourth-order valence-corrected chi connectivity index (χ4v) is 3.14. The van der Waals surface area contributed by atoms with Gasteiger partial charge in [0.05, 0.1) is 0 Å². The minimum atomic E-state index is 0.680. The maximum absolute atomic E-state index is 3.79. The largest absolute Gasteiger partial charge is 0.311 e. The van der Waals surface area contributed by atoms with Crippen molar-refractivity contribution in [3.8, 4) is 0 Å². The summed E-state index contributed by atoms with van der Waals surface area (Å²) in [6.07, 6.45) is 3.92. The Balaban J connectivity index is 2.16. The number of nitrogens with zero attached hydrogens (tertiary/aromatic N) is 1. The molecule has 1 fully saturated rings. The molecular formula is C13H28N2S. The molecule has 1 aliphatic heterocycles. The van der Waals surface area contributed by atoms with Crippen LogP contribution >= 0.6 is 11.8 Å². The predicted octanol–water partition coefficient (Wildman–Crippen LogP) is 2.59. The number of rotatable bonds is 6. The summed E-state index contributed by atoms with van der Waals surface area (Å²) in [5, 5.41) is 3.79. The Morgan fingerprint density at radius 1 is 1.50 bits per heavy atom. The highest BCUT2D eigenvalue weighted by Crippen LogP contribution is 2.16. The summed E-state index contributed by atoms with van der Waals surface area (Å²) in [6.45, 7) is 8.15. The molecule has 3 atom stereocenters. The molecule has 1 aliphatic rings. The highest BCUT2D eigenvalue weighted by Gasteiger charge is 2.23. The van der Waals surface area contributed by atoms with Gasteiger partial charge in [0, 0.05) is 18.1 Å². The van der Waals surface area contributed by atoms with Crippen LogP contribution in [0.3, 0.4) is 0 Å². The van der Waals surface area contributed by atoms with Crippen LogP contribution in [0.25, 0.3) is 0 Å². The normalized spacial score (nSPS) is 29.2. The third-order valence-corrected chi connectivity index (χ3v) is 4.56. The van der Waals surface area contributed by atoms with Crippen LogP contribution in [0.15, 0.2) is 0 Å². The van der Waals surface area contributed by atoms with Crippen LogP contribution in [-0.4, -0.2) is 48.1 Å². The molecule has 1 saturated heterocycles. The Kier molecular flexibility index (Phi) is 6.78. The van der Waals surface area contributed by atoms with Gasteiger partial charge >= 0.3 is 0 Å². The first-order valence-electron chi connectivity index (χ1n) is 6.67. The Hall–Kier alpha value is 0.270. The van der Waals surface area contributed by atoms with E-state index < -0.39 is 0 Å². The number of likely N-dealkylation sites (tertiary alicyclic amines) is 1. The van der Waals surface area contributed by atoms with Crippen LogP contribution < -0.4 is 5.32 Å². The van der Waals surface area contributed by atoms with Gasteiger partial charge in [-0.15, -0.1) is 0 Å². The lowest BCUT2D eigenvalue weighted by atomic mass is 9.98. The van der Waals surface area contributed by atoms with Crippen LogP contribution in [0.4, 0.5) is 0 Å². The molecular weight excluding hydrogens is 216 g/mol. The molecule has 2 nitrogen and oxygen atoms in total. The van der Waals surface area contributed by atoms with Crippen LogP contribution in [0.1, 0.15) is 40.0 Å².